The number of hydrogen-bond acceptors (Lipinski definition) is 5. The molecule has 5 rings (SSSR count). The van der Waals surface area contributed by atoms with E-state index in [1.165, 1.54) is 0 Å². The van der Waals surface area contributed by atoms with Crippen molar-refractivity contribution in [1.82, 2.24) is 5.01 Å². The van der Waals surface area contributed by atoms with Gasteiger partial charge in [-0.3, -0.25) is 4.79 Å². The number of benzene rings is 3. The number of nitrogens with zero attached hydrogens (tertiary/aromatic N) is 2. The Labute approximate surface area is 189 Å². The molecule has 0 saturated carbocycles. The Balaban J connectivity index is 1.55. The van der Waals surface area contributed by atoms with Gasteiger partial charge in [0.25, 0.3) is 6.23 Å². The highest BCUT2D eigenvalue weighted by molar-refractivity contribution is 6.31. The third kappa shape index (κ3) is 3.64. The van der Waals surface area contributed by atoms with E-state index in [1.807, 2.05) is 36.4 Å². The lowest BCUT2D eigenvalue weighted by atomic mass is 9.96. The maximum Gasteiger partial charge on any atom is 0.251 e. The van der Waals surface area contributed by atoms with Crippen LogP contribution in [0.25, 0.3) is 0 Å². The summed E-state index contributed by atoms with van der Waals surface area (Å²) in [5, 5.41) is 7.81. The van der Waals surface area contributed by atoms with Gasteiger partial charge < -0.3 is 9.47 Å². The van der Waals surface area contributed by atoms with Crippen LogP contribution in [0.3, 0.4) is 0 Å². The predicted octanol–water partition coefficient (Wildman–Crippen LogP) is 5.75. The Morgan fingerprint density at radius 3 is 2.45 bits per heavy atom. The van der Waals surface area contributed by atoms with Gasteiger partial charge in [0.15, 0.2) is 0 Å². The summed E-state index contributed by atoms with van der Waals surface area (Å²) in [5.74, 6) is 1.16. The van der Waals surface area contributed by atoms with Crippen LogP contribution in [0.15, 0.2) is 71.8 Å². The average Bonchev–Trinajstić information content (AvgIpc) is 3.24. The normalized spacial score (nSPS) is 19.2. The Morgan fingerprint density at radius 1 is 1.03 bits per heavy atom. The largest absolute Gasteiger partial charge is 0.497 e. The lowest BCUT2D eigenvalue weighted by Gasteiger charge is -2.37. The summed E-state index contributed by atoms with van der Waals surface area (Å²) < 4.78 is 11.3. The second kappa shape index (κ2) is 7.91. The highest BCUT2D eigenvalue weighted by atomic mass is 35.5. The Bertz CT molecular complexity index is 1180. The molecular weight excluding hydrogens is 435 g/mol. The zero-order valence-electron chi connectivity index (χ0n) is 16.6. The molecule has 0 spiro atoms. The number of halogens is 2. The van der Waals surface area contributed by atoms with Crippen molar-refractivity contribution in [2.24, 2.45) is 5.10 Å². The monoisotopic (exact) mass is 452 g/mol. The first-order valence-corrected chi connectivity index (χ1v) is 10.6. The molecule has 0 aliphatic carbocycles. The number of ketones is 1. The SMILES string of the molecule is COc1ccc(C(=O)C2Oc3ccc(Cl)cc3C3CC(c4ccc(Cl)cc4)=NN23)cc1. The van der Waals surface area contributed by atoms with Crippen molar-refractivity contribution in [3.8, 4) is 11.5 Å². The molecule has 0 saturated heterocycles. The zero-order valence-corrected chi connectivity index (χ0v) is 18.1. The molecule has 0 amide bonds. The fraction of sp³-hybridized carbons (Fsp3) is 0.167. The first-order chi connectivity index (χ1) is 15.0. The van der Waals surface area contributed by atoms with Crippen molar-refractivity contribution in [3.05, 3.63) is 93.5 Å². The summed E-state index contributed by atoms with van der Waals surface area (Å²) in [5.41, 5.74) is 3.26. The lowest BCUT2D eigenvalue weighted by Crippen LogP contribution is -2.45. The highest BCUT2D eigenvalue weighted by Crippen LogP contribution is 2.44. The number of hydrazone groups is 1. The molecule has 0 fully saturated rings. The molecule has 0 radical (unpaired) electrons. The standard InChI is InChI=1S/C24H18Cl2N2O3/c1-30-18-9-4-15(5-10-18)23(29)24-28-21(19-12-17(26)8-11-22(19)31-24)13-20(27-28)14-2-6-16(25)7-3-14/h2-12,21,24H,13H2,1H3. The minimum Gasteiger partial charge on any atom is -0.497 e. The average molecular weight is 453 g/mol. The Hall–Kier alpha value is -3.02. The highest BCUT2D eigenvalue weighted by Gasteiger charge is 2.43. The van der Waals surface area contributed by atoms with Crippen molar-refractivity contribution < 1.29 is 14.3 Å². The maximum absolute atomic E-state index is 13.4. The number of Topliss-reactive ketones (excluding diaryl/α,β-unsaturated/α-hetero) is 1. The van der Waals surface area contributed by atoms with Gasteiger partial charge in [-0.15, -0.1) is 0 Å². The maximum atomic E-state index is 13.4. The van der Waals surface area contributed by atoms with Gasteiger partial charge in [-0.1, -0.05) is 35.3 Å². The molecule has 0 aromatic heterocycles. The first-order valence-electron chi connectivity index (χ1n) is 9.79. The second-order valence-corrected chi connectivity index (χ2v) is 8.27. The number of ether oxygens (including phenoxy) is 2. The fourth-order valence-corrected chi connectivity index (χ4v) is 4.25. The number of carbonyl (C=O) groups is 1. The molecule has 0 bridgehead atoms. The molecule has 3 aromatic rings. The van der Waals surface area contributed by atoms with E-state index in [0.717, 1.165) is 16.8 Å². The van der Waals surface area contributed by atoms with Crippen molar-refractivity contribution >= 4 is 34.7 Å². The van der Waals surface area contributed by atoms with Crippen LogP contribution in [0, 0.1) is 0 Å². The Kier molecular flexibility index (Phi) is 5.08. The number of fused-ring (bicyclic) bond motifs is 3. The van der Waals surface area contributed by atoms with Crippen molar-refractivity contribution in [3.63, 3.8) is 0 Å². The van der Waals surface area contributed by atoms with Gasteiger partial charge in [-0.05, 0) is 60.2 Å². The van der Waals surface area contributed by atoms with Gasteiger partial charge in [0, 0.05) is 27.6 Å². The van der Waals surface area contributed by atoms with Crippen LogP contribution in [0.1, 0.15) is 33.9 Å². The van der Waals surface area contributed by atoms with Gasteiger partial charge in [-0.25, -0.2) is 5.01 Å². The quantitative estimate of drug-likeness (QED) is 0.472. The van der Waals surface area contributed by atoms with E-state index in [1.54, 1.807) is 42.5 Å². The molecule has 156 valence electrons. The molecule has 2 aliphatic rings. The smallest absolute Gasteiger partial charge is 0.251 e. The van der Waals surface area contributed by atoms with Crippen LogP contribution >= 0.6 is 23.2 Å². The summed E-state index contributed by atoms with van der Waals surface area (Å²) in [7, 11) is 1.59. The van der Waals surface area contributed by atoms with Gasteiger partial charge in [0.05, 0.1) is 18.9 Å². The van der Waals surface area contributed by atoms with Crippen molar-refractivity contribution in [1.29, 1.82) is 0 Å². The van der Waals surface area contributed by atoms with E-state index in [0.29, 0.717) is 33.5 Å². The molecule has 7 heteroatoms. The number of hydrogen-bond donors (Lipinski definition) is 0. The summed E-state index contributed by atoms with van der Waals surface area (Å²) in [6, 6.07) is 19.8. The number of methoxy groups -OCH3 is 1. The minimum absolute atomic E-state index is 0.152. The van der Waals surface area contributed by atoms with Crippen molar-refractivity contribution in [2.75, 3.05) is 7.11 Å². The number of carbonyl (C=O) groups excluding carboxylic acids is 1. The summed E-state index contributed by atoms with van der Waals surface area (Å²) in [6.45, 7) is 0. The molecule has 2 heterocycles. The molecular formula is C24H18Cl2N2O3. The minimum atomic E-state index is -0.878. The second-order valence-electron chi connectivity index (χ2n) is 7.40. The van der Waals surface area contributed by atoms with Gasteiger partial charge in [0.1, 0.15) is 11.5 Å². The van der Waals surface area contributed by atoms with E-state index < -0.39 is 6.23 Å². The van der Waals surface area contributed by atoms with E-state index in [2.05, 4.69) is 0 Å². The molecule has 3 aromatic carbocycles. The number of rotatable bonds is 4. The summed E-state index contributed by atoms with van der Waals surface area (Å²) >= 11 is 12.3. The fourth-order valence-electron chi connectivity index (χ4n) is 3.95. The zero-order chi connectivity index (χ0) is 21.5. The van der Waals surface area contributed by atoms with Crippen LogP contribution in [-0.4, -0.2) is 29.8 Å². The molecule has 0 N–H and O–H groups in total. The van der Waals surface area contributed by atoms with Crippen LogP contribution in [0.2, 0.25) is 10.0 Å². The van der Waals surface area contributed by atoms with Crippen LogP contribution in [-0.2, 0) is 0 Å². The predicted molar refractivity (Wildman–Crippen MR) is 120 cm³/mol. The first kappa shape index (κ1) is 19.9. The van der Waals surface area contributed by atoms with E-state index >= 15 is 0 Å². The molecule has 31 heavy (non-hydrogen) atoms. The van der Waals surface area contributed by atoms with Crippen molar-refractivity contribution in [2.45, 2.75) is 18.7 Å². The third-order valence-corrected chi connectivity index (χ3v) is 6.02. The summed E-state index contributed by atoms with van der Waals surface area (Å²) in [4.78, 5) is 13.4. The van der Waals surface area contributed by atoms with E-state index in [4.69, 9.17) is 37.8 Å². The molecule has 2 unspecified atom stereocenters. The third-order valence-electron chi connectivity index (χ3n) is 5.53. The van der Waals surface area contributed by atoms with Gasteiger partial charge >= 0.3 is 0 Å². The van der Waals surface area contributed by atoms with E-state index in [-0.39, 0.29) is 11.8 Å². The van der Waals surface area contributed by atoms with Crippen LogP contribution < -0.4 is 9.47 Å². The van der Waals surface area contributed by atoms with Crippen LogP contribution in [0.5, 0.6) is 11.5 Å². The van der Waals surface area contributed by atoms with E-state index in [9.17, 15) is 4.79 Å². The van der Waals surface area contributed by atoms with Gasteiger partial charge in [-0.2, -0.15) is 5.10 Å². The molecule has 2 atom stereocenters. The van der Waals surface area contributed by atoms with Gasteiger partial charge in [0.2, 0.25) is 5.78 Å². The summed E-state index contributed by atoms with van der Waals surface area (Å²) in [6.07, 6.45) is -0.248. The lowest BCUT2D eigenvalue weighted by molar-refractivity contribution is -0.00455. The van der Waals surface area contributed by atoms with Crippen LogP contribution in [0.4, 0.5) is 0 Å². The molecule has 5 nitrogen and oxygen atoms in total. The topological polar surface area (TPSA) is 51.1 Å². The molecule has 2 aliphatic heterocycles. The Morgan fingerprint density at radius 2 is 1.74 bits per heavy atom.